The van der Waals surface area contributed by atoms with Gasteiger partial charge < -0.3 is 14.6 Å². The van der Waals surface area contributed by atoms with E-state index < -0.39 is 24.3 Å². The van der Waals surface area contributed by atoms with Gasteiger partial charge in [-0.1, -0.05) is 18.2 Å². The van der Waals surface area contributed by atoms with Crippen LogP contribution in [0.2, 0.25) is 0 Å². The zero-order valence-electron chi connectivity index (χ0n) is 13.3. The summed E-state index contributed by atoms with van der Waals surface area (Å²) in [6, 6.07) is 7.49. The quantitative estimate of drug-likeness (QED) is 0.649. The largest absolute Gasteiger partial charge is 0.451 e. The molecular weight excluding hydrogens is 315 g/mol. The van der Waals surface area contributed by atoms with Crippen LogP contribution < -0.4 is 0 Å². The first kappa shape index (κ1) is 17.4. The normalized spacial score (nSPS) is 10.3. The van der Waals surface area contributed by atoms with Crippen LogP contribution in [0, 0.1) is 5.82 Å². The maximum absolute atomic E-state index is 13.6. The van der Waals surface area contributed by atoms with E-state index in [-0.39, 0.29) is 18.0 Å². The van der Waals surface area contributed by atoms with Crippen molar-refractivity contribution >= 4 is 17.7 Å². The van der Waals surface area contributed by atoms with Gasteiger partial charge in [0.15, 0.2) is 12.4 Å². The number of amides is 1. The lowest BCUT2D eigenvalue weighted by Crippen LogP contribution is -2.31. The zero-order chi connectivity index (χ0) is 17.7. The average Bonchev–Trinajstić information content (AvgIpc) is 3.04. The van der Waals surface area contributed by atoms with E-state index >= 15 is 0 Å². The fourth-order valence-corrected chi connectivity index (χ4v) is 2.00. The predicted molar refractivity (Wildman–Crippen MR) is 84.0 cm³/mol. The fraction of sp³-hybridized carbons (Fsp3) is 0.235. The molecule has 0 spiro atoms. The van der Waals surface area contributed by atoms with E-state index in [2.05, 4.69) is 4.98 Å². The van der Waals surface area contributed by atoms with Crippen molar-refractivity contribution in [1.82, 2.24) is 9.88 Å². The number of nitrogens with one attached hydrogen (secondary N) is 1. The SMILES string of the molecule is CC(=O)c1c[nH]c(C(=O)OCC(=O)N(C)Cc2ccccc2F)c1. The van der Waals surface area contributed by atoms with E-state index in [1.807, 2.05) is 0 Å². The number of ketones is 1. The second kappa shape index (κ2) is 7.54. The number of hydrogen-bond acceptors (Lipinski definition) is 4. The van der Waals surface area contributed by atoms with Crippen molar-refractivity contribution in [3.05, 3.63) is 59.2 Å². The van der Waals surface area contributed by atoms with E-state index in [9.17, 15) is 18.8 Å². The summed E-state index contributed by atoms with van der Waals surface area (Å²) in [5.74, 6) is -1.80. The number of likely N-dealkylation sites (N-methyl/N-ethyl adjacent to an activating group) is 1. The van der Waals surface area contributed by atoms with Gasteiger partial charge in [0.1, 0.15) is 11.5 Å². The van der Waals surface area contributed by atoms with Crippen LogP contribution in [0.3, 0.4) is 0 Å². The molecule has 1 N–H and O–H groups in total. The molecule has 0 aliphatic rings. The highest BCUT2D eigenvalue weighted by Gasteiger charge is 2.16. The highest BCUT2D eigenvalue weighted by Crippen LogP contribution is 2.10. The van der Waals surface area contributed by atoms with Crippen LogP contribution in [-0.2, 0) is 16.1 Å². The molecule has 2 aromatic rings. The summed E-state index contributed by atoms with van der Waals surface area (Å²) >= 11 is 0. The third-order valence-corrected chi connectivity index (χ3v) is 3.43. The summed E-state index contributed by atoms with van der Waals surface area (Å²) in [5.41, 5.74) is 0.810. The molecule has 2 rings (SSSR count). The third kappa shape index (κ3) is 4.28. The Morgan fingerprint density at radius 1 is 1.25 bits per heavy atom. The Hall–Kier alpha value is -2.96. The molecule has 0 radical (unpaired) electrons. The highest BCUT2D eigenvalue weighted by atomic mass is 19.1. The molecule has 0 aliphatic heterocycles. The van der Waals surface area contributed by atoms with Crippen molar-refractivity contribution in [2.24, 2.45) is 0 Å². The van der Waals surface area contributed by atoms with Gasteiger partial charge in [-0.15, -0.1) is 0 Å². The molecule has 1 heterocycles. The number of hydrogen-bond donors (Lipinski definition) is 1. The van der Waals surface area contributed by atoms with Crippen LogP contribution in [0.25, 0.3) is 0 Å². The second-order valence-electron chi connectivity index (χ2n) is 5.28. The monoisotopic (exact) mass is 332 g/mol. The number of aromatic amines is 1. The number of benzene rings is 1. The lowest BCUT2D eigenvalue weighted by molar-refractivity contribution is -0.133. The van der Waals surface area contributed by atoms with E-state index in [0.717, 1.165) is 0 Å². The van der Waals surface area contributed by atoms with Gasteiger partial charge in [0, 0.05) is 30.9 Å². The maximum Gasteiger partial charge on any atom is 0.355 e. The molecule has 7 heteroatoms. The van der Waals surface area contributed by atoms with Crippen LogP contribution in [0.4, 0.5) is 4.39 Å². The third-order valence-electron chi connectivity index (χ3n) is 3.43. The Labute approximate surface area is 138 Å². The minimum Gasteiger partial charge on any atom is -0.451 e. The van der Waals surface area contributed by atoms with Crippen LogP contribution in [0.1, 0.15) is 33.3 Å². The molecule has 0 saturated heterocycles. The van der Waals surface area contributed by atoms with Crippen molar-refractivity contribution in [3.8, 4) is 0 Å². The smallest absolute Gasteiger partial charge is 0.355 e. The number of H-pyrrole nitrogens is 1. The molecule has 0 unspecified atom stereocenters. The number of esters is 1. The summed E-state index contributed by atoms with van der Waals surface area (Å²) < 4.78 is 18.5. The highest BCUT2D eigenvalue weighted by molar-refractivity contribution is 5.97. The number of Topliss-reactive ketones (excluding diaryl/α,β-unsaturated/α-hetero) is 1. The Balaban J connectivity index is 1.88. The van der Waals surface area contributed by atoms with Gasteiger partial charge in [-0.25, -0.2) is 9.18 Å². The van der Waals surface area contributed by atoms with Crippen molar-refractivity contribution in [1.29, 1.82) is 0 Å². The summed E-state index contributed by atoms with van der Waals surface area (Å²) in [5, 5.41) is 0. The van der Waals surface area contributed by atoms with Crippen molar-refractivity contribution in [2.45, 2.75) is 13.5 Å². The molecule has 126 valence electrons. The number of rotatable bonds is 6. The minimum absolute atomic E-state index is 0.0695. The molecule has 1 aromatic heterocycles. The summed E-state index contributed by atoms with van der Waals surface area (Å²) in [6.07, 6.45) is 1.39. The van der Waals surface area contributed by atoms with Crippen LogP contribution in [0.15, 0.2) is 36.5 Å². The van der Waals surface area contributed by atoms with Gasteiger partial charge in [-0.3, -0.25) is 9.59 Å². The second-order valence-corrected chi connectivity index (χ2v) is 5.28. The van der Waals surface area contributed by atoms with Crippen LogP contribution in [0.5, 0.6) is 0 Å². The summed E-state index contributed by atoms with van der Waals surface area (Å²) in [6.45, 7) is 0.970. The Morgan fingerprint density at radius 2 is 1.96 bits per heavy atom. The number of nitrogens with zero attached hydrogens (tertiary/aromatic N) is 1. The lowest BCUT2D eigenvalue weighted by atomic mass is 10.2. The van der Waals surface area contributed by atoms with E-state index in [0.29, 0.717) is 11.1 Å². The lowest BCUT2D eigenvalue weighted by Gasteiger charge is -2.17. The van der Waals surface area contributed by atoms with E-state index in [1.165, 1.54) is 37.2 Å². The van der Waals surface area contributed by atoms with Crippen molar-refractivity contribution in [2.75, 3.05) is 13.7 Å². The van der Waals surface area contributed by atoms with Crippen LogP contribution >= 0.6 is 0 Å². The molecule has 1 amide bonds. The number of carbonyl (C=O) groups excluding carboxylic acids is 3. The Kier molecular flexibility index (Phi) is 5.47. The molecule has 0 aliphatic carbocycles. The minimum atomic E-state index is -0.741. The number of halogens is 1. The first-order valence-electron chi connectivity index (χ1n) is 7.22. The van der Waals surface area contributed by atoms with Crippen LogP contribution in [-0.4, -0.2) is 41.2 Å². The average molecular weight is 332 g/mol. The molecular formula is C17H17FN2O4. The topological polar surface area (TPSA) is 79.5 Å². The zero-order valence-corrected chi connectivity index (χ0v) is 13.3. The van der Waals surface area contributed by atoms with Gasteiger partial charge in [0.05, 0.1) is 0 Å². The molecule has 24 heavy (non-hydrogen) atoms. The Bertz CT molecular complexity index is 769. The number of aromatic nitrogens is 1. The summed E-state index contributed by atoms with van der Waals surface area (Å²) in [7, 11) is 1.49. The standard InChI is InChI=1S/C17H17FN2O4/c1-11(21)13-7-15(19-8-13)17(23)24-10-16(22)20(2)9-12-5-3-4-6-14(12)18/h3-8,19H,9-10H2,1-2H3. The number of ether oxygens (including phenoxy) is 1. The molecule has 1 aromatic carbocycles. The molecule has 0 fully saturated rings. The van der Waals surface area contributed by atoms with E-state index in [4.69, 9.17) is 4.74 Å². The first-order chi connectivity index (χ1) is 11.4. The summed E-state index contributed by atoms with van der Waals surface area (Å²) in [4.78, 5) is 38.9. The molecule has 0 atom stereocenters. The predicted octanol–water partition coefficient (Wildman–Crippen LogP) is 2.17. The molecule has 6 nitrogen and oxygen atoms in total. The van der Waals surface area contributed by atoms with Gasteiger partial charge in [-0.2, -0.15) is 0 Å². The number of carbonyl (C=O) groups is 3. The first-order valence-corrected chi connectivity index (χ1v) is 7.22. The molecule has 0 saturated carbocycles. The fourth-order valence-electron chi connectivity index (χ4n) is 2.00. The van der Waals surface area contributed by atoms with Gasteiger partial charge in [-0.05, 0) is 19.1 Å². The van der Waals surface area contributed by atoms with Crippen molar-refractivity contribution < 1.29 is 23.5 Å². The van der Waals surface area contributed by atoms with Gasteiger partial charge in [0.25, 0.3) is 5.91 Å². The van der Waals surface area contributed by atoms with Gasteiger partial charge >= 0.3 is 5.97 Å². The Morgan fingerprint density at radius 3 is 2.58 bits per heavy atom. The van der Waals surface area contributed by atoms with Gasteiger partial charge in [0.2, 0.25) is 0 Å². The van der Waals surface area contributed by atoms with Crippen molar-refractivity contribution in [3.63, 3.8) is 0 Å². The van der Waals surface area contributed by atoms with E-state index in [1.54, 1.807) is 18.2 Å². The maximum atomic E-state index is 13.6. The molecule has 0 bridgehead atoms.